The molecule has 0 saturated heterocycles. The van der Waals surface area contributed by atoms with Crippen molar-refractivity contribution in [2.24, 2.45) is 5.92 Å². The van der Waals surface area contributed by atoms with Gasteiger partial charge in [-0.2, -0.15) is 0 Å². The molecule has 2 atom stereocenters. The van der Waals surface area contributed by atoms with Gasteiger partial charge in [-0.25, -0.2) is 15.0 Å². The number of fused-ring (bicyclic) bond motifs is 8. The van der Waals surface area contributed by atoms with Gasteiger partial charge in [-0.3, -0.25) is 0 Å². The number of hydrogen-bond donors (Lipinski definition) is 0. The highest BCUT2D eigenvalue weighted by Crippen LogP contribution is 2.46. The van der Waals surface area contributed by atoms with E-state index in [4.69, 9.17) is 19.4 Å². The Morgan fingerprint density at radius 1 is 0.448 bits per heavy atom. The Labute approximate surface area is 338 Å². The van der Waals surface area contributed by atoms with E-state index >= 15 is 0 Å². The van der Waals surface area contributed by atoms with E-state index in [-0.39, 0.29) is 11.8 Å². The molecule has 10 aromatic rings. The topological polar surface area (TPSA) is 51.8 Å². The molecule has 272 valence electrons. The van der Waals surface area contributed by atoms with E-state index in [0.717, 1.165) is 38.8 Å². The second-order valence-corrected chi connectivity index (χ2v) is 16.2. The van der Waals surface area contributed by atoms with Gasteiger partial charge in [0.15, 0.2) is 17.5 Å². The van der Waals surface area contributed by atoms with E-state index in [1.54, 1.807) is 0 Å². The van der Waals surface area contributed by atoms with Crippen molar-refractivity contribution in [3.63, 3.8) is 0 Å². The Morgan fingerprint density at radius 3 is 2.07 bits per heavy atom. The summed E-state index contributed by atoms with van der Waals surface area (Å²) in [6.07, 6.45) is 13.4. The van der Waals surface area contributed by atoms with Crippen molar-refractivity contribution < 1.29 is 4.42 Å². The summed E-state index contributed by atoms with van der Waals surface area (Å²) in [6.45, 7) is 0. The van der Waals surface area contributed by atoms with Crippen molar-refractivity contribution in [1.29, 1.82) is 0 Å². The minimum absolute atomic E-state index is 0.0858. The zero-order chi connectivity index (χ0) is 38.2. The third-order valence-corrected chi connectivity index (χ3v) is 12.9. The van der Waals surface area contributed by atoms with Gasteiger partial charge in [0.25, 0.3) is 0 Å². The van der Waals surface area contributed by atoms with Gasteiger partial charge in [-0.05, 0) is 75.5 Å². The lowest BCUT2D eigenvalue weighted by atomic mass is 9.73. The molecule has 58 heavy (non-hydrogen) atoms. The normalized spacial score (nSPS) is 16.3. The van der Waals surface area contributed by atoms with Gasteiger partial charge in [-0.1, -0.05) is 146 Å². The standard InChI is InChI=1S/C53H33N3OS/c1-2-11-35-30-36(25-22-32(35)10-1)33-20-23-34(24-21-33)51-54-52(37-26-29-49-45(31-37)41-14-6-8-19-48(41)58-49)56-53(55-51)43-28-27-40(38-12-3-4-13-39(38)43)42-16-9-18-47-50(42)44-15-5-7-17-46(44)57-47/h1-31,38,40H. The van der Waals surface area contributed by atoms with E-state index < -0.39 is 0 Å². The maximum atomic E-state index is 6.32. The lowest BCUT2D eigenvalue weighted by molar-refractivity contribution is 0.662. The number of nitrogens with zero attached hydrogens (tertiary/aromatic N) is 3. The molecule has 2 aliphatic carbocycles. The molecule has 0 aliphatic heterocycles. The Balaban J connectivity index is 1.00. The molecule has 0 N–H and O–H groups in total. The predicted octanol–water partition coefficient (Wildman–Crippen LogP) is 14.1. The zero-order valence-electron chi connectivity index (χ0n) is 31.2. The van der Waals surface area contributed by atoms with Crippen molar-refractivity contribution in [2.75, 3.05) is 0 Å². The SMILES string of the molecule is C1=CC2=C(c3nc(-c4ccc(-c5ccc6ccccc6c5)cc4)nc(-c4ccc5sc6ccccc6c5c4)n3)C=CC(c3cccc4oc5ccccc5c34)C2C=C1. The maximum absolute atomic E-state index is 6.32. The first-order valence-corrected chi connectivity index (χ1v) is 20.5. The van der Waals surface area contributed by atoms with Gasteiger partial charge in [0.05, 0.1) is 0 Å². The molecular weight excluding hydrogens is 727 g/mol. The average Bonchev–Trinajstić information content (AvgIpc) is 3.87. The summed E-state index contributed by atoms with van der Waals surface area (Å²) >= 11 is 1.81. The molecule has 0 fully saturated rings. The van der Waals surface area contributed by atoms with Crippen molar-refractivity contribution in [3.8, 4) is 33.9 Å². The van der Waals surface area contributed by atoms with E-state index in [1.807, 2.05) is 23.5 Å². The minimum atomic E-state index is 0.0858. The van der Waals surface area contributed by atoms with Crippen molar-refractivity contribution in [2.45, 2.75) is 5.92 Å². The quantitative estimate of drug-likeness (QED) is 0.175. The zero-order valence-corrected chi connectivity index (χ0v) is 32.0. The molecule has 0 radical (unpaired) electrons. The van der Waals surface area contributed by atoms with Gasteiger partial charge < -0.3 is 4.42 Å². The summed E-state index contributed by atoms with van der Waals surface area (Å²) in [5.41, 5.74) is 9.48. The minimum Gasteiger partial charge on any atom is -0.456 e. The highest BCUT2D eigenvalue weighted by molar-refractivity contribution is 7.25. The first-order valence-electron chi connectivity index (χ1n) is 19.7. The van der Waals surface area contributed by atoms with Gasteiger partial charge in [0, 0.05) is 59.5 Å². The second-order valence-electron chi connectivity index (χ2n) is 15.1. The van der Waals surface area contributed by atoms with Crippen LogP contribution in [-0.2, 0) is 0 Å². The first-order chi connectivity index (χ1) is 28.7. The lowest BCUT2D eigenvalue weighted by Crippen LogP contribution is -2.18. The number of allylic oxidation sites excluding steroid dienone is 8. The number of furan rings is 1. The van der Waals surface area contributed by atoms with Crippen molar-refractivity contribution >= 4 is 69.8 Å². The number of benzene rings is 7. The summed E-state index contributed by atoms with van der Waals surface area (Å²) in [6, 6.07) is 53.7. The fraction of sp³-hybridized carbons (Fsp3) is 0.0377. The molecule has 0 bridgehead atoms. The summed E-state index contributed by atoms with van der Waals surface area (Å²) < 4.78 is 8.84. The molecule has 4 nitrogen and oxygen atoms in total. The van der Waals surface area contributed by atoms with E-state index in [1.165, 1.54) is 53.0 Å². The van der Waals surface area contributed by atoms with Crippen molar-refractivity contribution in [3.05, 3.63) is 205 Å². The Hall–Kier alpha value is -7.21. The monoisotopic (exact) mass is 759 g/mol. The first kappa shape index (κ1) is 33.0. The van der Waals surface area contributed by atoms with Crippen LogP contribution in [0.5, 0.6) is 0 Å². The molecule has 2 unspecified atom stereocenters. The Bertz CT molecular complexity index is 3420. The third kappa shape index (κ3) is 5.39. The smallest absolute Gasteiger partial charge is 0.164 e. The molecule has 0 amide bonds. The van der Waals surface area contributed by atoms with Crippen LogP contribution < -0.4 is 0 Å². The molecule has 0 spiro atoms. The van der Waals surface area contributed by atoms with Crippen LogP contribution in [0.25, 0.3) is 92.4 Å². The highest BCUT2D eigenvalue weighted by Gasteiger charge is 2.31. The average molecular weight is 760 g/mol. The van der Waals surface area contributed by atoms with E-state index in [0.29, 0.717) is 17.5 Å². The third-order valence-electron chi connectivity index (χ3n) is 11.8. The molecule has 5 heteroatoms. The second kappa shape index (κ2) is 13.2. The molecule has 2 aliphatic rings. The van der Waals surface area contributed by atoms with Crippen LogP contribution in [0.3, 0.4) is 0 Å². The van der Waals surface area contributed by atoms with Crippen LogP contribution in [0.2, 0.25) is 0 Å². The van der Waals surface area contributed by atoms with Crippen LogP contribution in [0.15, 0.2) is 198 Å². The molecule has 0 saturated carbocycles. The molecule has 3 aromatic heterocycles. The highest BCUT2D eigenvalue weighted by atomic mass is 32.1. The number of aromatic nitrogens is 3. The summed E-state index contributed by atoms with van der Waals surface area (Å²) in [4.78, 5) is 15.8. The largest absolute Gasteiger partial charge is 0.456 e. The van der Waals surface area contributed by atoms with Crippen LogP contribution in [0.4, 0.5) is 0 Å². The fourth-order valence-corrected chi connectivity index (χ4v) is 10.0. The van der Waals surface area contributed by atoms with E-state index in [9.17, 15) is 0 Å². The predicted molar refractivity (Wildman–Crippen MR) is 241 cm³/mol. The number of hydrogen-bond acceptors (Lipinski definition) is 5. The Kier molecular flexibility index (Phi) is 7.50. The van der Waals surface area contributed by atoms with Crippen molar-refractivity contribution in [1.82, 2.24) is 15.0 Å². The summed E-state index contributed by atoms with van der Waals surface area (Å²) in [7, 11) is 0. The number of rotatable bonds is 5. The lowest BCUT2D eigenvalue weighted by Gasteiger charge is -2.30. The molecule has 12 rings (SSSR count). The van der Waals surface area contributed by atoms with Crippen LogP contribution >= 0.6 is 11.3 Å². The van der Waals surface area contributed by atoms with Gasteiger partial charge in [0.2, 0.25) is 0 Å². The van der Waals surface area contributed by atoms with Gasteiger partial charge >= 0.3 is 0 Å². The van der Waals surface area contributed by atoms with Gasteiger partial charge in [0.1, 0.15) is 11.2 Å². The molecule has 3 heterocycles. The maximum Gasteiger partial charge on any atom is 0.164 e. The van der Waals surface area contributed by atoms with Gasteiger partial charge in [-0.15, -0.1) is 11.3 Å². The van der Waals surface area contributed by atoms with E-state index in [2.05, 4.69) is 176 Å². The van der Waals surface area contributed by atoms with Crippen LogP contribution in [0.1, 0.15) is 17.3 Å². The Morgan fingerprint density at radius 2 is 1.16 bits per heavy atom. The number of thiophene rings is 1. The summed E-state index contributed by atoms with van der Waals surface area (Å²) in [5, 5.41) is 7.23. The molecule has 7 aromatic carbocycles. The van der Waals surface area contributed by atoms with Crippen LogP contribution in [0, 0.1) is 5.92 Å². The summed E-state index contributed by atoms with van der Waals surface area (Å²) in [5.74, 6) is 2.15. The fourth-order valence-electron chi connectivity index (χ4n) is 8.94. The number of para-hydroxylation sites is 1. The molecular formula is C53H33N3OS. The van der Waals surface area contributed by atoms with Crippen LogP contribution in [-0.4, -0.2) is 15.0 Å².